The molecule has 188 valence electrons. The number of carbonyl (C=O) groups excluding carboxylic acids is 1. The Kier molecular flexibility index (Phi) is 6.14. The van der Waals surface area contributed by atoms with E-state index >= 15 is 0 Å². The van der Waals surface area contributed by atoms with Crippen molar-refractivity contribution in [3.05, 3.63) is 45.5 Å². The highest BCUT2D eigenvalue weighted by molar-refractivity contribution is 5.79. The van der Waals surface area contributed by atoms with E-state index in [4.69, 9.17) is 0 Å². The van der Waals surface area contributed by atoms with Crippen LogP contribution in [-0.2, 0) is 23.9 Å². The Morgan fingerprint density at radius 3 is 2.54 bits per heavy atom. The highest BCUT2D eigenvalue weighted by atomic mass is 19.4. The predicted molar refractivity (Wildman–Crippen MR) is 120 cm³/mol. The van der Waals surface area contributed by atoms with Crippen LogP contribution in [0.1, 0.15) is 55.2 Å². The number of nitro groups is 1. The normalized spacial score (nSPS) is 21.3. The largest absolute Gasteiger partial charge is 0.416 e. The third-order valence-corrected chi connectivity index (χ3v) is 7.42. The van der Waals surface area contributed by atoms with Gasteiger partial charge in [-0.2, -0.15) is 13.2 Å². The summed E-state index contributed by atoms with van der Waals surface area (Å²) in [6.45, 7) is 2.98. The van der Waals surface area contributed by atoms with Crippen molar-refractivity contribution in [1.82, 2.24) is 19.7 Å². The lowest BCUT2D eigenvalue weighted by atomic mass is 9.91. The van der Waals surface area contributed by atoms with E-state index in [1.807, 2.05) is 4.90 Å². The summed E-state index contributed by atoms with van der Waals surface area (Å²) < 4.78 is 41.2. The van der Waals surface area contributed by atoms with Gasteiger partial charge in [-0.3, -0.25) is 14.9 Å². The molecule has 1 aromatic heterocycles. The highest BCUT2D eigenvalue weighted by Gasteiger charge is 2.37. The zero-order chi connectivity index (χ0) is 24.7. The summed E-state index contributed by atoms with van der Waals surface area (Å²) in [6, 6.07) is 2.62. The van der Waals surface area contributed by atoms with E-state index in [0.717, 1.165) is 56.0 Å². The number of likely N-dealkylation sites (tertiary alicyclic amines) is 1. The lowest BCUT2D eigenvalue weighted by molar-refractivity contribution is -0.384. The molecule has 1 amide bonds. The van der Waals surface area contributed by atoms with Gasteiger partial charge < -0.3 is 14.4 Å². The van der Waals surface area contributed by atoms with Crippen LogP contribution in [0.15, 0.2) is 18.2 Å². The molecule has 9 nitrogen and oxygen atoms in total. The van der Waals surface area contributed by atoms with E-state index in [9.17, 15) is 28.1 Å². The maximum atomic E-state index is 13.3. The van der Waals surface area contributed by atoms with E-state index < -0.39 is 22.4 Å². The highest BCUT2D eigenvalue weighted by Crippen LogP contribution is 2.38. The second-order valence-electron chi connectivity index (χ2n) is 9.57. The first-order chi connectivity index (χ1) is 16.7. The van der Waals surface area contributed by atoms with Crippen molar-refractivity contribution in [2.75, 3.05) is 31.1 Å². The number of piperidine rings is 2. The molecule has 2 saturated heterocycles. The Hall–Kier alpha value is -3.18. The van der Waals surface area contributed by atoms with Crippen LogP contribution in [0.5, 0.6) is 0 Å². The molecule has 4 heterocycles. The number of rotatable bonds is 4. The fraction of sp³-hybridized carbons (Fsp3) is 0.609. The van der Waals surface area contributed by atoms with Crippen molar-refractivity contribution < 1.29 is 22.9 Å². The van der Waals surface area contributed by atoms with Gasteiger partial charge in [0.25, 0.3) is 5.69 Å². The molecule has 0 spiro atoms. The van der Waals surface area contributed by atoms with Gasteiger partial charge in [0.05, 0.1) is 10.5 Å². The molecule has 0 N–H and O–H groups in total. The molecular weight excluding hydrogens is 465 g/mol. The third-order valence-electron chi connectivity index (χ3n) is 7.42. The van der Waals surface area contributed by atoms with Crippen LogP contribution in [-0.4, -0.2) is 56.7 Å². The topological polar surface area (TPSA) is 97.4 Å². The Morgan fingerprint density at radius 1 is 1.06 bits per heavy atom. The molecule has 0 saturated carbocycles. The fourth-order valence-corrected chi connectivity index (χ4v) is 5.60. The summed E-state index contributed by atoms with van der Waals surface area (Å²) in [6.07, 6.45) is 0.229. The van der Waals surface area contributed by atoms with Crippen molar-refractivity contribution in [2.45, 2.75) is 57.2 Å². The van der Waals surface area contributed by atoms with E-state index in [-0.39, 0.29) is 23.4 Å². The monoisotopic (exact) mass is 492 g/mol. The molecule has 1 atom stereocenters. The number of alkyl halides is 3. The number of carbonyl (C=O) groups is 1. The number of hydrogen-bond donors (Lipinski definition) is 0. The molecule has 0 radical (unpaired) electrons. The minimum Gasteiger partial charge on any atom is -0.366 e. The Balaban J connectivity index is 1.23. The summed E-state index contributed by atoms with van der Waals surface area (Å²) in [4.78, 5) is 27.6. The van der Waals surface area contributed by atoms with E-state index in [0.29, 0.717) is 45.1 Å². The van der Waals surface area contributed by atoms with Crippen LogP contribution in [0.3, 0.4) is 0 Å². The van der Waals surface area contributed by atoms with Gasteiger partial charge in [0, 0.05) is 57.0 Å². The standard InChI is InChI=1S/C23H27F3N6O3/c24-23(25,26)17-5-6-18(19(13-17)32(34)35)29-11-7-15(8-12-29)22(33)30-9-1-3-16(14-30)21-28-27-20-4-2-10-31(20)21/h5-6,13,15-16H,1-4,7-12,14H2/t16-/m1/s1. The van der Waals surface area contributed by atoms with Gasteiger partial charge in [-0.05, 0) is 44.2 Å². The van der Waals surface area contributed by atoms with Crippen molar-refractivity contribution in [1.29, 1.82) is 0 Å². The number of aromatic nitrogens is 3. The van der Waals surface area contributed by atoms with Crippen LogP contribution in [0.2, 0.25) is 0 Å². The molecule has 0 unspecified atom stereocenters. The van der Waals surface area contributed by atoms with Crippen LogP contribution in [0, 0.1) is 16.0 Å². The smallest absolute Gasteiger partial charge is 0.366 e. The summed E-state index contributed by atoms with van der Waals surface area (Å²) in [7, 11) is 0. The van der Waals surface area contributed by atoms with Gasteiger partial charge in [-0.15, -0.1) is 10.2 Å². The lowest BCUT2D eigenvalue weighted by Crippen LogP contribution is -2.46. The quantitative estimate of drug-likeness (QED) is 0.476. The van der Waals surface area contributed by atoms with Gasteiger partial charge in [0.2, 0.25) is 5.91 Å². The van der Waals surface area contributed by atoms with Crippen LogP contribution < -0.4 is 4.90 Å². The molecule has 3 aliphatic heterocycles. The molecular formula is C23H27F3N6O3. The first-order valence-electron chi connectivity index (χ1n) is 12.0. The number of fused-ring (bicyclic) bond motifs is 1. The lowest BCUT2D eigenvalue weighted by Gasteiger charge is -2.38. The zero-order valence-electron chi connectivity index (χ0n) is 19.2. The number of nitrogens with zero attached hydrogens (tertiary/aromatic N) is 6. The van der Waals surface area contributed by atoms with Crippen molar-refractivity contribution >= 4 is 17.3 Å². The van der Waals surface area contributed by atoms with Crippen LogP contribution in [0.25, 0.3) is 0 Å². The molecule has 2 fully saturated rings. The Labute approximate surface area is 200 Å². The summed E-state index contributed by atoms with van der Waals surface area (Å²) in [5, 5.41) is 20.2. The van der Waals surface area contributed by atoms with Gasteiger partial charge in [-0.25, -0.2) is 0 Å². The minimum atomic E-state index is -4.65. The fourth-order valence-electron chi connectivity index (χ4n) is 5.60. The molecule has 12 heteroatoms. The summed E-state index contributed by atoms with van der Waals surface area (Å²) in [5.74, 6) is 2.04. The van der Waals surface area contributed by atoms with Crippen molar-refractivity contribution in [3.8, 4) is 0 Å². The number of amides is 1. The molecule has 2 aromatic rings. The third kappa shape index (κ3) is 4.57. The average Bonchev–Trinajstić information content (AvgIpc) is 3.47. The zero-order valence-corrected chi connectivity index (χ0v) is 19.2. The maximum Gasteiger partial charge on any atom is 0.416 e. The number of hydrogen-bond acceptors (Lipinski definition) is 6. The number of halogens is 3. The first kappa shape index (κ1) is 23.6. The maximum absolute atomic E-state index is 13.3. The first-order valence-corrected chi connectivity index (χ1v) is 12.0. The SMILES string of the molecule is O=C(C1CCN(c2ccc(C(F)(F)F)cc2[N+](=O)[O-])CC1)N1CCC[C@@H](c2nnc3n2CCC3)C1. The number of benzene rings is 1. The summed E-state index contributed by atoms with van der Waals surface area (Å²) >= 11 is 0. The predicted octanol–water partition coefficient (Wildman–Crippen LogP) is 3.77. The Bertz CT molecular complexity index is 1130. The molecule has 3 aliphatic rings. The van der Waals surface area contributed by atoms with E-state index in [1.165, 1.54) is 0 Å². The van der Waals surface area contributed by atoms with Gasteiger partial charge in [0.1, 0.15) is 17.3 Å². The molecule has 1 aromatic carbocycles. The minimum absolute atomic E-state index is 0.0810. The molecule has 35 heavy (non-hydrogen) atoms. The molecule has 0 bridgehead atoms. The van der Waals surface area contributed by atoms with Crippen LogP contribution in [0.4, 0.5) is 24.5 Å². The van der Waals surface area contributed by atoms with Crippen molar-refractivity contribution in [3.63, 3.8) is 0 Å². The molecule has 0 aliphatic carbocycles. The van der Waals surface area contributed by atoms with E-state index in [1.54, 1.807) is 4.90 Å². The Morgan fingerprint density at radius 2 is 1.83 bits per heavy atom. The number of anilines is 1. The van der Waals surface area contributed by atoms with Gasteiger partial charge >= 0.3 is 6.18 Å². The average molecular weight is 493 g/mol. The van der Waals surface area contributed by atoms with E-state index in [2.05, 4.69) is 14.8 Å². The van der Waals surface area contributed by atoms with Crippen molar-refractivity contribution in [2.24, 2.45) is 5.92 Å². The summed E-state index contributed by atoms with van der Waals surface area (Å²) in [5.41, 5.74) is -1.45. The molecule has 5 rings (SSSR count). The second kappa shape index (κ2) is 9.12. The number of nitro benzene ring substituents is 1. The second-order valence-corrected chi connectivity index (χ2v) is 9.57. The number of aryl methyl sites for hydroxylation is 1. The van der Waals surface area contributed by atoms with Gasteiger partial charge in [0.15, 0.2) is 0 Å². The van der Waals surface area contributed by atoms with Gasteiger partial charge in [-0.1, -0.05) is 0 Å². The van der Waals surface area contributed by atoms with Crippen LogP contribution >= 0.6 is 0 Å².